The number of carboxylic acids is 1. The number of rotatable bonds is 9. The van der Waals surface area contributed by atoms with Crippen molar-refractivity contribution in [1.82, 2.24) is 10.2 Å². The zero-order valence-corrected chi connectivity index (χ0v) is 12.3. The lowest BCUT2D eigenvalue weighted by Gasteiger charge is -2.25. The molecule has 0 saturated carbocycles. The maximum absolute atomic E-state index is 12.0. The lowest BCUT2D eigenvalue weighted by molar-refractivity contribution is -0.139. The molecule has 0 radical (unpaired) electrons. The summed E-state index contributed by atoms with van der Waals surface area (Å²) in [5.41, 5.74) is 0. The van der Waals surface area contributed by atoms with E-state index < -0.39 is 12.1 Å². The average Bonchev–Trinajstić information content (AvgIpc) is 2.38. The van der Waals surface area contributed by atoms with Crippen molar-refractivity contribution in [2.24, 2.45) is 5.92 Å². The van der Waals surface area contributed by atoms with E-state index >= 15 is 0 Å². The minimum Gasteiger partial charge on any atom is -0.481 e. The van der Waals surface area contributed by atoms with E-state index in [1.165, 1.54) is 7.11 Å². The highest BCUT2D eigenvalue weighted by Gasteiger charge is 2.17. The lowest BCUT2D eigenvalue weighted by Crippen LogP contribution is -2.45. The van der Waals surface area contributed by atoms with Gasteiger partial charge in [0.1, 0.15) is 0 Å². The van der Waals surface area contributed by atoms with E-state index in [9.17, 15) is 9.59 Å². The van der Waals surface area contributed by atoms with Crippen LogP contribution in [-0.4, -0.2) is 54.9 Å². The zero-order valence-electron chi connectivity index (χ0n) is 12.3. The van der Waals surface area contributed by atoms with Crippen molar-refractivity contribution in [2.75, 3.05) is 26.7 Å². The normalized spacial score (nSPS) is 11.8. The molecule has 0 bridgehead atoms. The first-order valence-corrected chi connectivity index (χ1v) is 6.55. The predicted molar refractivity (Wildman–Crippen MR) is 73.1 cm³/mol. The molecular weight excluding hydrogens is 262 g/mol. The second-order valence-corrected chi connectivity index (χ2v) is 4.89. The van der Waals surface area contributed by atoms with E-state index in [0.29, 0.717) is 13.1 Å². The molecule has 0 aliphatic carbocycles. The Morgan fingerprint density at radius 1 is 1.45 bits per heavy atom. The summed E-state index contributed by atoms with van der Waals surface area (Å²) in [5, 5.41) is 19.9. The van der Waals surface area contributed by atoms with E-state index in [1.54, 1.807) is 4.90 Å². The molecule has 0 aliphatic heterocycles. The number of nitrogens with one attached hydrogen (secondary N) is 1. The van der Waals surface area contributed by atoms with Crippen LogP contribution in [0.5, 0.6) is 0 Å². The van der Waals surface area contributed by atoms with Crippen molar-refractivity contribution in [3.8, 4) is 6.07 Å². The molecule has 1 unspecified atom stereocenters. The Morgan fingerprint density at radius 2 is 2.10 bits per heavy atom. The Labute approximate surface area is 119 Å². The molecule has 2 amide bonds. The summed E-state index contributed by atoms with van der Waals surface area (Å²) in [6.07, 6.45) is -0.462. The molecular formula is C13H23N3O4. The highest BCUT2D eigenvalue weighted by atomic mass is 16.5. The molecule has 0 rings (SSSR count). The van der Waals surface area contributed by atoms with Gasteiger partial charge < -0.3 is 20.1 Å². The third-order valence-electron chi connectivity index (χ3n) is 2.58. The number of urea groups is 1. The SMILES string of the molecule is COC(CNC(=O)N(CCC#N)CC(C)C)CC(=O)O. The van der Waals surface area contributed by atoms with Gasteiger partial charge in [-0.2, -0.15) is 5.26 Å². The zero-order chi connectivity index (χ0) is 15.5. The number of methoxy groups -OCH3 is 1. The fourth-order valence-corrected chi connectivity index (χ4v) is 1.65. The molecule has 0 spiro atoms. The number of carboxylic acid groups (broad SMARTS) is 1. The largest absolute Gasteiger partial charge is 0.481 e. The Balaban J connectivity index is 4.36. The summed E-state index contributed by atoms with van der Waals surface area (Å²) < 4.78 is 4.99. The third-order valence-corrected chi connectivity index (χ3v) is 2.58. The van der Waals surface area contributed by atoms with Gasteiger partial charge in [-0.25, -0.2) is 4.79 Å². The number of nitriles is 1. The maximum Gasteiger partial charge on any atom is 0.317 e. The van der Waals surface area contributed by atoms with Gasteiger partial charge in [0.25, 0.3) is 0 Å². The molecule has 0 aromatic rings. The van der Waals surface area contributed by atoms with Gasteiger partial charge in [0.15, 0.2) is 0 Å². The third kappa shape index (κ3) is 8.32. The minimum absolute atomic E-state index is 0.128. The summed E-state index contributed by atoms with van der Waals surface area (Å²) in [6.45, 7) is 4.99. The molecule has 114 valence electrons. The molecule has 0 aromatic heterocycles. The van der Waals surface area contributed by atoms with Crippen molar-refractivity contribution in [2.45, 2.75) is 32.8 Å². The highest BCUT2D eigenvalue weighted by Crippen LogP contribution is 2.02. The summed E-state index contributed by atoms with van der Waals surface area (Å²) in [5.74, 6) is -0.689. The van der Waals surface area contributed by atoms with Crippen LogP contribution in [0.2, 0.25) is 0 Å². The standard InChI is InChI=1S/C13H23N3O4/c1-10(2)9-16(6-4-5-14)13(19)15-8-11(20-3)7-12(17)18/h10-11H,4,6-9H2,1-3H3,(H,15,19)(H,17,18). The second-order valence-electron chi connectivity index (χ2n) is 4.89. The van der Waals surface area contributed by atoms with Gasteiger partial charge in [-0.1, -0.05) is 13.8 Å². The van der Waals surface area contributed by atoms with Crippen LogP contribution < -0.4 is 5.32 Å². The van der Waals surface area contributed by atoms with Gasteiger partial charge in [0.2, 0.25) is 0 Å². The smallest absolute Gasteiger partial charge is 0.317 e. The highest BCUT2D eigenvalue weighted by molar-refractivity contribution is 5.74. The van der Waals surface area contributed by atoms with Gasteiger partial charge in [-0.05, 0) is 5.92 Å². The van der Waals surface area contributed by atoms with E-state index in [2.05, 4.69) is 5.32 Å². The summed E-state index contributed by atoms with van der Waals surface area (Å²) in [4.78, 5) is 24.1. The number of hydrogen-bond donors (Lipinski definition) is 2. The predicted octanol–water partition coefficient (Wildman–Crippen LogP) is 1.06. The number of ether oxygens (including phenoxy) is 1. The van der Waals surface area contributed by atoms with Crippen LogP contribution in [0.1, 0.15) is 26.7 Å². The van der Waals surface area contributed by atoms with E-state index in [0.717, 1.165) is 0 Å². The van der Waals surface area contributed by atoms with Crippen LogP contribution in [0.25, 0.3) is 0 Å². The molecule has 0 fully saturated rings. The number of aliphatic carboxylic acids is 1. The molecule has 1 atom stereocenters. The van der Waals surface area contributed by atoms with Crippen LogP contribution in [0.4, 0.5) is 4.79 Å². The summed E-state index contributed by atoms with van der Waals surface area (Å²) in [7, 11) is 1.40. The first-order valence-electron chi connectivity index (χ1n) is 6.55. The number of nitrogens with zero attached hydrogens (tertiary/aromatic N) is 2. The fraction of sp³-hybridized carbons (Fsp3) is 0.769. The van der Waals surface area contributed by atoms with Crippen LogP contribution in [-0.2, 0) is 9.53 Å². The van der Waals surface area contributed by atoms with Crippen molar-refractivity contribution >= 4 is 12.0 Å². The van der Waals surface area contributed by atoms with E-state index in [4.69, 9.17) is 15.1 Å². The molecule has 2 N–H and O–H groups in total. The quantitative estimate of drug-likeness (QED) is 0.659. The topological polar surface area (TPSA) is 103 Å². The van der Waals surface area contributed by atoms with Gasteiger partial charge in [0.05, 0.1) is 25.0 Å². The Kier molecular flexibility index (Phi) is 9.13. The average molecular weight is 285 g/mol. The molecule has 0 aromatic carbocycles. The molecule has 0 aliphatic rings. The van der Waals surface area contributed by atoms with Gasteiger partial charge >= 0.3 is 12.0 Å². The number of carbonyl (C=O) groups is 2. The maximum atomic E-state index is 12.0. The molecule has 7 nitrogen and oxygen atoms in total. The van der Waals surface area contributed by atoms with Gasteiger partial charge in [-0.3, -0.25) is 4.79 Å². The van der Waals surface area contributed by atoms with Gasteiger partial charge in [-0.15, -0.1) is 0 Å². The Bertz CT molecular complexity index is 352. The number of carbonyl (C=O) groups excluding carboxylic acids is 1. The van der Waals surface area contributed by atoms with Crippen LogP contribution >= 0.6 is 0 Å². The lowest BCUT2D eigenvalue weighted by atomic mass is 10.2. The fourth-order valence-electron chi connectivity index (χ4n) is 1.65. The number of amides is 2. The van der Waals surface area contributed by atoms with Crippen molar-refractivity contribution in [3.05, 3.63) is 0 Å². The molecule has 0 heterocycles. The first-order chi connectivity index (χ1) is 9.40. The molecule has 20 heavy (non-hydrogen) atoms. The number of hydrogen-bond acceptors (Lipinski definition) is 4. The van der Waals surface area contributed by atoms with Gasteiger partial charge in [0, 0.05) is 26.7 Å². The van der Waals surface area contributed by atoms with E-state index in [-0.39, 0.29) is 31.3 Å². The molecule has 0 saturated heterocycles. The van der Waals surface area contributed by atoms with Crippen LogP contribution in [0.3, 0.4) is 0 Å². The van der Waals surface area contributed by atoms with Crippen LogP contribution in [0, 0.1) is 17.2 Å². The molecule has 7 heteroatoms. The van der Waals surface area contributed by atoms with Crippen molar-refractivity contribution < 1.29 is 19.4 Å². The van der Waals surface area contributed by atoms with Crippen molar-refractivity contribution in [3.63, 3.8) is 0 Å². The Hall–Kier alpha value is -1.81. The Morgan fingerprint density at radius 3 is 2.55 bits per heavy atom. The summed E-state index contributed by atoms with van der Waals surface area (Å²) >= 11 is 0. The first kappa shape index (κ1) is 18.2. The summed E-state index contributed by atoms with van der Waals surface area (Å²) in [6, 6.07) is 1.70. The van der Waals surface area contributed by atoms with Crippen LogP contribution in [0.15, 0.2) is 0 Å². The second kappa shape index (κ2) is 10.0. The van der Waals surface area contributed by atoms with E-state index in [1.807, 2.05) is 19.9 Å². The monoisotopic (exact) mass is 285 g/mol. The van der Waals surface area contributed by atoms with Crippen molar-refractivity contribution in [1.29, 1.82) is 5.26 Å². The minimum atomic E-state index is -0.977.